The molecule has 0 aliphatic carbocycles. The van der Waals surface area contributed by atoms with E-state index in [0.717, 1.165) is 27.6 Å². The molecule has 1 heterocycles. The number of thiazole rings is 1. The van der Waals surface area contributed by atoms with Crippen LogP contribution in [0.3, 0.4) is 0 Å². The summed E-state index contributed by atoms with van der Waals surface area (Å²) in [5, 5.41) is 9.40. The molecule has 1 amide bonds. The lowest BCUT2D eigenvalue weighted by atomic mass is 10.1. The van der Waals surface area contributed by atoms with Gasteiger partial charge in [0.1, 0.15) is 0 Å². The second-order valence-electron chi connectivity index (χ2n) is 4.59. The Morgan fingerprint density at radius 2 is 2.05 bits per heavy atom. The first-order valence-corrected chi connectivity index (χ1v) is 7.52. The van der Waals surface area contributed by atoms with Gasteiger partial charge in [-0.2, -0.15) is 0 Å². The Labute approximate surface area is 123 Å². The maximum absolute atomic E-state index is 11.5. The Morgan fingerprint density at radius 1 is 1.30 bits per heavy atom. The highest BCUT2D eigenvalue weighted by Crippen LogP contribution is 2.24. The molecule has 0 atom stereocenters. The largest absolute Gasteiger partial charge is 0.379 e. The monoisotopic (exact) mass is 289 g/mol. The zero-order valence-electron chi connectivity index (χ0n) is 12.0. The summed E-state index contributed by atoms with van der Waals surface area (Å²) in [6.45, 7) is 6.54. The van der Waals surface area contributed by atoms with E-state index in [1.807, 2.05) is 39.0 Å². The van der Waals surface area contributed by atoms with Crippen LogP contribution in [0, 0.1) is 13.8 Å². The molecule has 2 rings (SSSR count). The van der Waals surface area contributed by atoms with Gasteiger partial charge in [0.15, 0.2) is 0 Å². The van der Waals surface area contributed by atoms with Gasteiger partial charge < -0.3 is 10.6 Å². The molecule has 20 heavy (non-hydrogen) atoms. The van der Waals surface area contributed by atoms with Gasteiger partial charge in [0, 0.05) is 23.2 Å². The molecule has 0 unspecified atom stereocenters. The van der Waals surface area contributed by atoms with Gasteiger partial charge in [0.2, 0.25) is 5.91 Å². The zero-order chi connectivity index (χ0) is 14.5. The highest BCUT2D eigenvalue weighted by Gasteiger charge is 2.07. The standard InChI is InChI=1S/C15H19N3OS/c1-4-15(19)18-14-7-5-6-13(10(14)2)16-8-12-9-20-11(3)17-12/h5-7,9,16H,4,8H2,1-3H3,(H,18,19). The summed E-state index contributed by atoms with van der Waals surface area (Å²) in [4.78, 5) is 15.9. The number of nitrogens with one attached hydrogen (secondary N) is 2. The molecule has 4 nitrogen and oxygen atoms in total. The number of hydrogen-bond donors (Lipinski definition) is 2. The minimum absolute atomic E-state index is 0.0281. The first-order valence-electron chi connectivity index (χ1n) is 6.64. The smallest absolute Gasteiger partial charge is 0.224 e. The first-order chi connectivity index (χ1) is 9.60. The molecule has 2 aromatic rings. The summed E-state index contributed by atoms with van der Waals surface area (Å²) >= 11 is 1.65. The average molecular weight is 289 g/mol. The van der Waals surface area contributed by atoms with E-state index in [-0.39, 0.29) is 5.91 Å². The molecule has 0 fully saturated rings. The van der Waals surface area contributed by atoms with Gasteiger partial charge >= 0.3 is 0 Å². The summed E-state index contributed by atoms with van der Waals surface area (Å²) in [5.74, 6) is 0.0281. The van der Waals surface area contributed by atoms with Crippen molar-refractivity contribution in [2.24, 2.45) is 0 Å². The van der Waals surface area contributed by atoms with Crippen molar-refractivity contribution < 1.29 is 4.79 Å². The summed E-state index contributed by atoms with van der Waals surface area (Å²) in [7, 11) is 0. The molecule has 0 spiro atoms. The van der Waals surface area contributed by atoms with Crippen molar-refractivity contribution in [3.05, 3.63) is 39.8 Å². The van der Waals surface area contributed by atoms with E-state index in [0.29, 0.717) is 13.0 Å². The lowest BCUT2D eigenvalue weighted by molar-refractivity contribution is -0.115. The minimum atomic E-state index is 0.0281. The number of carbonyl (C=O) groups is 1. The van der Waals surface area contributed by atoms with Crippen LogP contribution in [0.1, 0.15) is 29.6 Å². The van der Waals surface area contributed by atoms with Crippen LogP contribution in [0.2, 0.25) is 0 Å². The number of amides is 1. The number of aromatic nitrogens is 1. The van der Waals surface area contributed by atoms with Crippen molar-refractivity contribution in [2.75, 3.05) is 10.6 Å². The van der Waals surface area contributed by atoms with Crippen LogP contribution in [-0.4, -0.2) is 10.9 Å². The van der Waals surface area contributed by atoms with E-state index in [4.69, 9.17) is 0 Å². The van der Waals surface area contributed by atoms with Crippen molar-refractivity contribution in [3.8, 4) is 0 Å². The third kappa shape index (κ3) is 3.57. The summed E-state index contributed by atoms with van der Waals surface area (Å²) in [6, 6.07) is 5.87. The van der Waals surface area contributed by atoms with Gasteiger partial charge in [-0.05, 0) is 31.5 Å². The zero-order valence-corrected chi connectivity index (χ0v) is 12.8. The maximum Gasteiger partial charge on any atom is 0.224 e. The quantitative estimate of drug-likeness (QED) is 0.882. The Bertz CT molecular complexity index is 607. The van der Waals surface area contributed by atoms with Crippen molar-refractivity contribution in [3.63, 3.8) is 0 Å². The molecule has 1 aromatic heterocycles. The predicted octanol–water partition coefficient (Wildman–Crippen LogP) is 3.72. The average Bonchev–Trinajstić information content (AvgIpc) is 2.85. The highest BCUT2D eigenvalue weighted by atomic mass is 32.1. The predicted molar refractivity (Wildman–Crippen MR) is 84.3 cm³/mol. The van der Waals surface area contributed by atoms with Crippen LogP contribution in [-0.2, 0) is 11.3 Å². The second-order valence-corrected chi connectivity index (χ2v) is 5.65. The number of nitrogens with zero attached hydrogens (tertiary/aromatic N) is 1. The topological polar surface area (TPSA) is 54.0 Å². The number of carbonyl (C=O) groups excluding carboxylic acids is 1. The van der Waals surface area contributed by atoms with Crippen LogP contribution >= 0.6 is 11.3 Å². The maximum atomic E-state index is 11.5. The van der Waals surface area contributed by atoms with E-state index >= 15 is 0 Å². The fraction of sp³-hybridized carbons (Fsp3) is 0.333. The van der Waals surface area contributed by atoms with Gasteiger partial charge in [0.25, 0.3) is 0 Å². The molecule has 5 heteroatoms. The van der Waals surface area contributed by atoms with Crippen molar-refractivity contribution in [2.45, 2.75) is 33.7 Å². The van der Waals surface area contributed by atoms with E-state index in [1.54, 1.807) is 11.3 Å². The Morgan fingerprint density at radius 3 is 2.70 bits per heavy atom. The minimum Gasteiger partial charge on any atom is -0.379 e. The fourth-order valence-corrected chi connectivity index (χ4v) is 2.49. The molecule has 106 valence electrons. The van der Waals surface area contributed by atoms with Gasteiger partial charge in [-0.15, -0.1) is 11.3 Å². The van der Waals surface area contributed by atoms with Gasteiger partial charge in [-0.1, -0.05) is 13.0 Å². The molecule has 0 saturated heterocycles. The third-order valence-corrected chi connectivity index (χ3v) is 3.88. The van der Waals surface area contributed by atoms with Crippen LogP contribution in [0.25, 0.3) is 0 Å². The molecule has 0 bridgehead atoms. The molecular formula is C15H19N3OS. The van der Waals surface area contributed by atoms with Crippen molar-refractivity contribution in [1.82, 2.24) is 4.98 Å². The Kier molecular flexibility index (Phi) is 4.74. The molecular weight excluding hydrogens is 270 g/mol. The molecule has 1 aromatic carbocycles. The normalized spacial score (nSPS) is 10.3. The second kappa shape index (κ2) is 6.52. The van der Waals surface area contributed by atoms with Crippen LogP contribution in [0.4, 0.5) is 11.4 Å². The number of anilines is 2. The van der Waals surface area contributed by atoms with Crippen LogP contribution < -0.4 is 10.6 Å². The number of rotatable bonds is 5. The Balaban J connectivity index is 2.08. The molecule has 2 N–H and O–H groups in total. The first kappa shape index (κ1) is 14.5. The van der Waals surface area contributed by atoms with Gasteiger partial charge in [0.05, 0.1) is 17.2 Å². The lowest BCUT2D eigenvalue weighted by Crippen LogP contribution is -2.11. The molecule has 0 radical (unpaired) electrons. The van der Waals surface area contributed by atoms with E-state index in [9.17, 15) is 4.79 Å². The van der Waals surface area contributed by atoms with E-state index in [1.165, 1.54) is 0 Å². The lowest BCUT2D eigenvalue weighted by Gasteiger charge is -2.13. The molecule has 0 aliphatic rings. The van der Waals surface area contributed by atoms with Crippen LogP contribution in [0.5, 0.6) is 0 Å². The summed E-state index contributed by atoms with van der Waals surface area (Å²) in [6.07, 6.45) is 0.481. The number of benzene rings is 1. The molecule has 0 aliphatic heterocycles. The summed E-state index contributed by atoms with van der Waals surface area (Å²) < 4.78 is 0. The highest BCUT2D eigenvalue weighted by molar-refractivity contribution is 7.09. The fourth-order valence-electron chi connectivity index (χ4n) is 1.88. The Hall–Kier alpha value is -1.88. The van der Waals surface area contributed by atoms with Crippen LogP contribution in [0.15, 0.2) is 23.6 Å². The molecule has 0 saturated carbocycles. The summed E-state index contributed by atoms with van der Waals surface area (Å²) in [5.41, 5.74) is 3.96. The number of aryl methyl sites for hydroxylation is 1. The van der Waals surface area contributed by atoms with Crippen molar-refractivity contribution in [1.29, 1.82) is 0 Å². The van der Waals surface area contributed by atoms with E-state index < -0.39 is 0 Å². The van der Waals surface area contributed by atoms with Gasteiger partial charge in [-0.25, -0.2) is 4.98 Å². The third-order valence-electron chi connectivity index (χ3n) is 3.06. The van der Waals surface area contributed by atoms with Crippen molar-refractivity contribution >= 4 is 28.6 Å². The van der Waals surface area contributed by atoms with Gasteiger partial charge in [-0.3, -0.25) is 4.79 Å². The van der Waals surface area contributed by atoms with E-state index in [2.05, 4.69) is 21.0 Å². The number of hydrogen-bond acceptors (Lipinski definition) is 4. The SMILES string of the molecule is CCC(=O)Nc1cccc(NCc2csc(C)n2)c1C.